The molecule has 2 rings (SSSR count). The zero-order valence-corrected chi connectivity index (χ0v) is 8.89. The molecule has 5 heteroatoms. The Hall–Kier alpha value is -1.94. The highest BCUT2D eigenvalue weighted by Gasteiger charge is 2.18. The molecule has 16 heavy (non-hydrogen) atoms. The normalized spacial score (nSPS) is 10.1. The summed E-state index contributed by atoms with van der Waals surface area (Å²) >= 11 is 5.94. The van der Waals surface area contributed by atoms with E-state index >= 15 is 0 Å². The van der Waals surface area contributed by atoms with Gasteiger partial charge >= 0.3 is 0 Å². The molecule has 0 aliphatic carbocycles. The van der Waals surface area contributed by atoms with Crippen molar-refractivity contribution in [2.45, 2.75) is 0 Å². The zero-order valence-electron chi connectivity index (χ0n) is 8.13. The first kappa shape index (κ1) is 10.6. The van der Waals surface area contributed by atoms with Gasteiger partial charge in [-0.2, -0.15) is 0 Å². The average molecular weight is 235 g/mol. The van der Waals surface area contributed by atoms with E-state index < -0.39 is 4.92 Å². The van der Waals surface area contributed by atoms with Crippen molar-refractivity contribution < 1.29 is 4.92 Å². The fraction of sp³-hybridized carbons (Fsp3) is 0. The van der Waals surface area contributed by atoms with Gasteiger partial charge in [-0.05, 0) is 5.56 Å². The molecule has 1 heterocycles. The summed E-state index contributed by atoms with van der Waals surface area (Å²) in [6.07, 6.45) is 2.60. The van der Waals surface area contributed by atoms with Crippen molar-refractivity contribution in [2.24, 2.45) is 0 Å². The number of aromatic nitrogens is 1. The van der Waals surface area contributed by atoms with E-state index in [4.69, 9.17) is 11.6 Å². The fourth-order valence-corrected chi connectivity index (χ4v) is 1.72. The summed E-state index contributed by atoms with van der Waals surface area (Å²) in [5.74, 6) is 0. The Kier molecular flexibility index (Phi) is 2.83. The second-order valence-corrected chi connectivity index (χ2v) is 3.55. The summed E-state index contributed by atoms with van der Waals surface area (Å²) in [5.41, 5.74) is 1.03. The maximum atomic E-state index is 10.9. The van der Waals surface area contributed by atoms with Gasteiger partial charge in [-0.1, -0.05) is 41.9 Å². The van der Waals surface area contributed by atoms with Crippen molar-refractivity contribution >= 4 is 17.3 Å². The van der Waals surface area contributed by atoms with E-state index in [2.05, 4.69) is 4.98 Å². The van der Waals surface area contributed by atoms with E-state index in [1.54, 1.807) is 24.3 Å². The van der Waals surface area contributed by atoms with Gasteiger partial charge in [0.15, 0.2) is 0 Å². The van der Waals surface area contributed by atoms with Crippen LogP contribution < -0.4 is 0 Å². The van der Waals surface area contributed by atoms with Crippen LogP contribution in [0.5, 0.6) is 0 Å². The van der Waals surface area contributed by atoms with Gasteiger partial charge in [-0.3, -0.25) is 15.1 Å². The Balaban J connectivity index is 2.68. The first-order chi connectivity index (χ1) is 7.70. The van der Waals surface area contributed by atoms with Gasteiger partial charge in [0, 0.05) is 6.20 Å². The minimum absolute atomic E-state index is 0.0845. The maximum Gasteiger partial charge on any atom is 0.296 e. The Labute approximate surface area is 96.7 Å². The molecular weight excluding hydrogens is 228 g/mol. The van der Waals surface area contributed by atoms with Crippen molar-refractivity contribution in [3.8, 4) is 11.1 Å². The number of nitro groups is 1. The first-order valence-corrected chi connectivity index (χ1v) is 4.91. The van der Waals surface area contributed by atoms with Gasteiger partial charge in [0.25, 0.3) is 5.69 Å². The van der Waals surface area contributed by atoms with Crippen LogP contribution in [-0.4, -0.2) is 9.91 Å². The number of pyridine rings is 1. The monoisotopic (exact) mass is 234 g/mol. The largest absolute Gasteiger partial charge is 0.296 e. The van der Waals surface area contributed by atoms with Crippen molar-refractivity contribution in [2.75, 3.05) is 0 Å². The third kappa shape index (κ3) is 1.87. The van der Waals surface area contributed by atoms with E-state index in [0.29, 0.717) is 11.1 Å². The number of rotatable bonds is 2. The van der Waals surface area contributed by atoms with Crippen LogP contribution in [-0.2, 0) is 0 Å². The van der Waals surface area contributed by atoms with Crippen molar-refractivity contribution in [1.29, 1.82) is 0 Å². The molecule has 0 radical (unpaired) electrons. The minimum atomic E-state index is -0.485. The molecule has 1 aromatic carbocycles. The lowest BCUT2D eigenvalue weighted by Crippen LogP contribution is -1.93. The van der Waals surface area contributed by atoms with E-state index in [0.717, 1.165) is 0 Å². The molecule has 0 atom stereocenters. The predicted molar refractivity (Wildman–Crippen MR) is 61.3 cm³/mol. The molecule has 0 N–H and O–H groups in total. The lowest BCUT2D eigenvalue weighted by molar-refractivity contribution is -0.384. The summed E-state index contributed by atoms with van der Waals surface area (Å²) in [6, 6.07) is 8.98. The molecule has 0 bridgehead atoms. The summed E-state index contributed by atoms with van der Waals surface area (Å²) in [5, 5.41) is 11.1. The minimum Gasteiger partial charge on any atom is -0.258 e. The van der Waals surface area contributed by atoms with E-state index in [9.17, 15) is 10.1 Å². The highest BCUT2D eigenvalue weighted by Crippen LogP contribution is 2.34. The average Bonchev–Trinajstić information content (AvgIpc) is 2.29. The lowest BCUT2D eigenvalue weighted by atomic mass is 10.1. The van der Waals surface area contributed by atoms with E-state index in [1.165, 1.54) is 12.4 Å². The smallest absolute Gasteiger partial charge is 0.258 e. The Morgan fingerprint density at radius 1 is 1.19 bits per heavy atom. The lowest BCUT2D eigenvalue weighted by Gasteiger charge is -2.04. The van der Waals surface area contributed by atoms with Crippen LogP contribution in [0.3, 0.4) is 0 Å². The fourth-order valence-electron chi connectivity index (χ4n) is 1.45. The number of hydrogen-bond acceptors (Lipinski definition) is 3. The highest BCUT2D eigenvalue weighted by molar-refractivity contribution is 6.33. The van der Waals surface area contributed by atoms with Crippen LogP contribution in [0.1, 0.15) is 0 Å². The van der Waals surface area contributed by atoms with Crippen LogP contribution in [0.25, 0.3) is 11.1 Å². The van der Waals surface area contributed by atoms with E-state index in [-0.39, 0.29) is 10.7 Å². The van der Waals surface area contributed by atoms with Crippen LogP contribution >= 0.6 is 11.6 Å². The molecule has 0 amide bonds. The topological polar surface area (TPSA) is 56.0 Å². The summed E-state index contributed by atoms with van der Waals surface area (Å²) in [7, 11) is 0. The first-order valence-electron chi connectivity index (χ1n) is 4.53. The molecule has 2 aromatic rings. The molecule has 0 saturated carbocycles. The number of benzene rings is 1. The van der Waals surface area contributed by atoms with Crippen molar-refractivity contribution in [1.82, 2.24) is 4.98 Å². The number of halogens is 1. The number of hydrogen-bond donors (Lipinski definition) is 0. The van der Waals surface area contributed by atoms with Crippen LogP contribution in [0.2, 0.25) is 5.02 Å². The third-order valence-corrected chi connectivity index (χ3v) is 2.43. The van der Waals surface area contributed by atoms with Gasteiger partial charge in [0.05, 0.1) is 15.5 Å². The molecule has 0 aliphatic rings. The van der Waals surface area contributed by atoms with Crippen LogP contribution in [0.15, 0.2) is 42.7 Å². The van der Waals surface area contributed by atoms with Crippen LogP contribution in [0.4, 0.5) is 5.69 Å². The van der Waals surface area contributed by atoms with Gasteiger partial charge in [-0.25, -0.2) is 0 Å². The molecule has 80 valence electrons. The van der Waals surface area contributed by atoms with Crippen molar-refractivity contribution in [3.63, 3.8) is 0 Å². The molecule has 1 aromatic heterocycles. The number of nitrogens with zero attached hydrogens (tertiary/aromatic N) is 2. The molecule has 0 unspecified atom stereocenters. The SMILES string of the molecule is O=[N+]([O-])c1cncc(Cl)c1-c1ccccc1. The summed E-state index contributed by atoms with van der Waals surface area (Å²) in [6.45, 7) is 0. The molecular formula is C11H7ClN2O2. The van der Waals surface area contributed by atoms with Gasteiger partial charge in [0.2, 0.25) is 0 Å². The molecule has 0 aliphatic heterocycles. The van der Waals surface area contributed by atoms with E-state index in [1.807, 2.05) is 6.07 Å². The maximum absolute atomic E-state index is 10.9. The Bertz CT molecular complexity index is 529. The Morgan fingerprint density at radius 2 is 1.88 bits per heavy atom. The van der Waals surface area contributed by atoms with Gasteiger partial charge in [-0.15, -0.1) is 0 Å². The molecule has 0 saturated heterocycles. The third-order valence-electron chi connectivity index (χ3n) is 2.14. The predicted octanol–water partition coefficient (Wildman–Crippen LogP) is 3.31. The van der Waals surface area contributed by atoms with Gasteiger partial charge < -0.3 is 0 Å². The van der Waals surface area contributed by atoms with Gasteiger partial charge in [0.1, 0.15) is 6.20 Å². The Morgan fingerprint density at radius 3 is 2.50 bits per heavy atom. The second-order valence-electron chi connectivity index (χ2n) is 3.14. The summed E-state index contributed by atoms with van der Waals surface area (Å²) in [4.78, 5) is 14.1. The van der Waals surface area contributed by atoms with Crippen LogP contribution in [0, 0.1) is 10.1 Å². The highest BCUT2D eigenvalue weighted by atomic mass is 35.5. The second kappa shape index (κ2) is 4.28. The zero-order chi connectivity index (χ0) is 11.5. The molecule has 4 nitrogen and oxygen atoms in total. The molecule has 0 spiro atoms. The summed E-state index contributed by atoms with van der Waals surface area (Å²) < 4.78 is 0. The van der Waals surface area contributed by atoms with Crippen molar-refractivity contribution in [3.05, 3.63) is 57.9 Å². The standard InChI is InChI=1S/C11H7ClN2O2/c12-9-6-13-7-10(14(15)16)11(9)8-4-2-1-3-5-8/h1-7H. The quantitative estimate of drug-likeness (QED) is 0.592. The molecule has 0 fully saturated rings.